The lowest BCUT2D eigenvalue weighted by atomic mass is 10.1. The van der Waals surface area contributed by atoms with Crippen LogP contribution >= 0.6 is 11.8 Å². The van der Waals surface area contributed by atoms with Crippen LogP contribution in [0.5, 0.6) is 0 Å². The Balaban J connectivity index is 2.09. The van der Waals surface area contributed by atoms with Crippen LogP contribution in [0.1, 0.15) is 49.8 Å². The van der Waals surface area contributed by atoms with Crippen molar-refractivity contribution in [3.05, 3.63) is 71.0 Å². The highest BCUT2D eigenvalue weighted by Crippen LogP contribution is 2.18. The van der Waals surface area contributed by atoms with Crippen molar-refractivity contribution in [3.8, 4) is 0 Å². The van der Waals surface area contributed by atoms with Gasteiger partial charge in [0.25, 0.3) is 0 Å². The molecule has 0 radical (unpaired) electrons. The van der Waals surface area contributed by atoms with Crippen LogP contribution < -0.4 is 5.32 Å². The summed E-state index contributed by atoms with van der Waals surface area (Å²) in [6.07, 6.45) is 2.42. The third-order valence-corrected chi connectivity index (χ3v) is 6.05. The van der Waals surface area contributed by atoms with Crippen LogP contribution in [0.3, 0.4) is 0 Å². The van der Waals surface area contributed by atoms with Crippen molar-refractivity contribution in [2.24, 2.45) is 0 Å². The zero-order valence-corrected chi connectivity index (χ0v) is 19.5. The second-order valence-electron chi connectivity index (χ2n) is 7.70. The average Bonchev–Trinajstić information content (AvgIpc) is 2.75. The first-order chi connectivity index (χ1) is 14.9. The van der Waals surface area contributed by atoms with Gasteiger partial charge in [-0.05, 0) is 43.0 Å². The van der Waals surface area contributed by atoms with Gasteiger partial charge in [-0.1, -0.05) is 62.2 Å². The number of carbonyl (C=O) groups is 2. The Morgan fingerprint density at radius 3 is 2.48 bits per heavy atom. The summed E-state index contributed by atoms with van der Waals surface area (Å²) in [6, 6.07) is 13.8. The summed E-state index contributed by atoms with van der Waals surface area (Å²) in [4.78, 5) is 27.6. The highest BCUT2D eigenvalue weighted by Gasteiger charge is 2.28. The number of nitrogens with one attached hydrogen (secondary N) is 1. The predicted molar refractivity (Wildman–Crippen MR) is 126 cm³/mol. The smallest absolute Gasteiger partial charge is 0.242 e. The lowest BCUT2D eigenvalue weighted by Crippen LogP contribution is -2.49. The molecule has 6 heteroatoms. The van der Waals surface area contributed by atoms with Crippen LogP contribution in [0.4, 0.5) is 4.39 Å². The Morgan fingerprint density at radius 2 is 1.84 bits per heavy atom. The number of halogens is 1. The molecule has 2 aromatic rings. The second-order valence-corrected chi connectivity index (χ2v) is 8.68. The van der Waals surface area contributed by atoms with Crippen molar-refractivity contribution in [2.45, 2.75) is 58.4 Å². The largest absolute Gasteiger partial charge is 0.354 e. The van der Waals surface area contributed by atoms with E-state index in [9.17, 15) is 14.0 Å². The minimum Gasteiger partial charge on any atom is -0.354 e. The van der Waals surface area contributed by atoms with Gasteiger partial charge < -0.3 is 10.2 Å². The number of carbonyl (C=O) groups excluding carboxylic acids is 2. The molecule has 1 N–H and O–H groups in total. The fourth-order valence-electron chi connectivity index (χ4n) is 3.35. The van der Waals surface area contributed by atoms with E-state index in [0.29, 0.717) is 13.0 Å². The van der Waals surface area contributed by atoms with Gasteiger partial charge in [-0.3, -0.25) is 9.59 Å². The molecule has 31 heavy (non-hydrogen) atoms. The topological polar surface area (TPSA) is 49.4 Å². The third kappa shape index (κ3) is 8.37. The summed E-state index contributed by atoms with van der Waals surface area (Å²) in [6.45, 7) is 6.91. The fraction of sp³-hybridized carbons (Fsp3) is 0.440. The molecule has 168 valence electrons. The molecule has 0 aliphatic rings. The molecule has 0 aliphatic carbocycles. The van der Waals surface area contributed by atoms with Crippen molar-refractivity contribution in [1.29, 1.82) is 0 Å². The molecule has 0 fully saturated rings. The highest BCUT2D eigenvalue weighted by molar-refractivity contribution is 7.99. The van der Waals surface area contributed by atoms with Crippen molar-refractivity contribution < 1.29 is 14.0 Å². The maximum atomic E-state index is 13.3. The molecule has 1 atom stereocenters. The summed E-state index contributed by atoms with van der Waals surface area (Å²) in [7, 11) is 0. The van der Waals surface area contributed by atoms with E-state index in [0.717, 1.165) is 24.2 Å². The number of hydrogen-bond acceptors (Lipinski definition) is 3. The monoisotopic (exact) mass is 444 g/mol. The van der Waals surface area contributed by atoms with E-state index >= 15 is 0 Å². The number of hydrogen-bond donors (Lipinski definition) is 1. The summed E-state index contributed by atoms with van der Waals surface area (Å²) < 4.78 is 13.3. The summed E-state index contributed by atoms with van der Waals surface area (Å²) in [5.74, 6) is 0.486. The number of aryl methyl sites for hydroxylation is 1. The zero-order valence-electron chi connectivity index (χ0n) is 18.7. The van der Waals surface area contributed by atoms with E-state index in [-0.39, 0.29) is 29.9 Å². The summed E-state index contributed by atoms with van der Waals surface area (Å²) >= 11 is 1.54. The average molecular weight is 445 g/mol. The Hall–Kier alpha value is -2.34. The Bertz CT molecular complexity index is 842. The van der Waals surface area contributed by atoms with Gasteiger partial charge in [-0.2, -0.15) is 0 Å². The molecule has 0 saturated heterocycles. The normalized spacial score (nSPS) is 11.7. The van der Waals surface area contributed by atoms with Gasteiger partial charge in [0.1, 0.15) is 11.9 Å². The van der Waals surface area contributed by atoms with Gasteiger partial charge in [-0.15, -0.1) is 11.8 Å². The van der Waals surface area contributed by atoms with E-state index in [1.807, 2.05) is 26.0 Å². The molecule has 0 saturated carbocycles. The first-order valence-electron chi connectivity index (χ1n) is 10.9. The van der Waals surface area contributed by atoms with Gasteiger partial charge in [-0.25, -0.2) is 4.39 Å². The first kappa shape index (κ1) is 24.9. The molecule has 0 aliphatic heterocycles. The SMILES string of the molecule is CCCCNC(=O)[C@@H](CC)N(Cc1ccc(F)cc1)C(=O)CSCc1cccc(C)c1. The number of amides is 2. The molecular formula is C25H33FN2O2S. The molecular weight excluding hydrogens is 411 g/mol. The molecule has 4 nitrogen and oxygen atoms in total. The van der Waals surface area contributed by atoms with E-state index < -0.39 is 6.04 Å². The highest BCUT2D eigenvalue weighted by atomic mass is 32.2. The molecule has 2 rings (SSSR count). The van der Waals surface area contributed by atoms with Crippen LogP contribution in [0.15, 0.2) is 48.5 Å². The number of benzene rings is 2. The van der Waals surface area contributed by atoms with E-state index in [1.165, 1.54) is 23.3 Å². The van der Waals surface area contributed by atoms with E-state index in [4.69, 9.17) is 0 Å². The number of nitrogens with zero attached hydrogens (tertiary/aromatic N) is 1. The van der Waals surface area contributed by atoms with Crippen LogP contribution in [0.25, 0.3) is 0 Å². The molecule has 0 heterocycles. The van der Waals surface area contributed by atoms with E-state index in [1.54, 1.807) is 28.8 Å². The minimum absolute atomic E-state index is 0.0838. The lowest BCUT2D eigenvalue weighted by molar-refractivity contribution is -0.139. The van der Waals surface area contributed by atoms with Crippen LogP contribution in [0.2, 0.25) is 0 Å². The minimum atomic E-state index is -0.547. The first-order valence-corrected chi connectivity index (χ1v) is 12.0. The standard InChI is InChI=1S/C25H33FN2O2S/c1-4-6-14-27-25(30)23(5-2)28(16-20-10-12-22(26)13-11-20)24(29)18-31-17-21-9-7-8-19(3)15-21/h7-13,15,23H,4-6,14,16-18H2,1-3H3,(H,27,30)/t23-/m1/s1. The maximum absolute atomic E-state index is 13.3. The second kappa shape index (κ2) is 13.2. The molecule has 2 aromatic carbocycles. The molecule has 2 amide bonds. The van der Waals surface area contributed by atoms with Gasteiger partial charge in [0, 0.05) is 18.8 Å². The Morgan fingerprint density at radius 1 is 1.10 bits per heavy atom. The van der Waals surface area contributed by atoms with Crippen LogP contribution in [-0.4, -0.2) is 35.1 Å². The van der Waals surface area contributed by atoms with Crippen molar-refractivity contribution in [1.82, 2.24) is 10.2 Å². The maximum Gasteiger partial charge on any atom is 0.242 e. The summed E-state index contributed by atoms with van der Waals surface area (Å²) in [5.41, 5.74) is 3.17. The number of thioether (sulfide) groups is 1. The van der Waals surface area contributed by atoms with E-state index in [2.05, 4.69) is 24.4 Å². The van der Waals surface area contributed by atoms with Gasteiger partial charge in [0.15, 0.2) is 0 Å². The zero-order chi connectivity index (χ0) is 22.6. The fourth-order valence-corrected chi connectivity index (χ4v) is 4.21. The van der Waals surface area contributed by atoms with Crippen LogP contribution in [0, 0.1) is 12.7 Å². The predicted octanol–water partition coefficient (Wildman–Crippen LogP) is 5.09. The van der Waals surface area contributed by atoms with Crippen molar-refractivity contribution in [2.75, 3.05) is 12.3 Å². The van der Waals surface area contributed by atoms with Gasteiger partial charge in [0.05, 0.1) is 5.75 Å². The lowest BCUT2D eigenvalue weighted by Gasteiger charge is -2.30. The molecule has 0 aromatic heterocycles. The molecule has 0 spiro atoms. The Kier molecular flexibility index (Phi) is 10.6. The van der Waals surface area contributed by atoms with Gasteiger partial charge in [0.2, 0.25) is 11.8 Å². The molecule has 0 unspecified atom stereocenters. The van der Waals surface area contributed by atoms with Gasteiger partial charge >= 0.3 is 0 Å². The summed E-state index contributed by atoms with van der Waals surface area (Å²) in [5, 5.41) is 2.95. The third-order valence-electron chi connectivity index (χ3n) is 5.06. The number of rotatable bonds is 12. The number of unbranched alkanes of at least 4 members (excludes halogenated alkanes) is 1. The molecule has 0 bridgehead atoms. The quantitative estimate of drug-likeness (QED) is 0.464. The van der Waals surface area contributed by atoms with Crippen LogP contribution in [-0.2, 0) is 21.9 Å². The van der Waals surface area contributed by atoms with Crippen molar-refractivity contribution in [3.63, 3.8) is 0 Å². The Labute approximate surface area is 189 Å². The van der Waals surface area contributed by atoms with Crippen molar-refractivity contribution >= 4 is 23.6 Å².